The van der Waals surface area contributed by atoms with E-state index in [1.54, 1.807) is 0 Å². The van der Waals surface area contributed by atoms with Crippen LogP contribution in [0.4, 0.5) is 0 Å². The average Bonchev–Trinajstić information content (AvgIpc) is 2.34. The van der Waals surface area contributed by atoms with Gasteiger partial charge in [-0.25, -0.2) is 0 Å². The van der Waals surface area contributed by atoms with Crippen LogP contribution in [0.5, 0.6) is 0 Å². The smallest absolute Gasteiger partial charge is 0.0604 e. The van der Waals surface area contributed by atoms with Crippen molar-refractivity contribution in [3.63, 3.8) is 0 Å². The van der Waals surface area contributed by atoms with E-state index in [-0.39, 0.29) is 11.5 Å². The maximum Gasteiger partial charge on any atom is 0.0604 e. The van der Waals surface area contributed by atoms with Gasteiger partial charge in [0.25, 0.3) is 0 Å². The van der Waals surface area contributed by atoms with E-state index >= 15 is 0 Å². The SMILES string of the molecule is CC(C)[C@@]12CC[C@@](C)([C@@H](O)C1)C2(C)C. The summed E-state index contributed by atoms with van der Waals surface area (Å²) in [5.41, 5.74) is 0.853. The molecular weight excluding hydrogens is 172 g/mol. The summed E-state index contributed by atoms with van der Waals surface area (Å²) in [4.78, 5) is 0. The summed E-state index contributed by atoms with van der Waals surface area (Å²) < 4.78 is 0. The Morgan fingerprint density at radius 1 is 1.14 bits per heavy atom. The van der Waals surface area contributed by atoms with Crippen LogP contribution in [0.1, 0.15) is 53.9 Å². The molecule has 0 spiro atoms. The second-order valence-electron chi connectivity index (χ2n) is 6.57. The summed E-state index contributed by atoms with van der Waals surface area (Å²) in [5.74, 6) is 0.691. The van der Waals surface area contributed by atoms with Gasteiger partial charge < -0.3 is 5.11 Å². The van der Waals surface area contributed by atoms with E-state index < -0.39 is 0 Å². The second-order valence-corrected chi connectivity index (χ2v) is 6.57. The molecule has 2 saturated carbocycles. The van der Waals surface area contributed by atoms with Gasteiger partial charge in [-0.1, -0.05) is 34.6 Å². The lowest BCUT2D eigenvalue weighted by Crippen LogP contribution is -2.38. The minimum absolute atomic E-state index is 0.0753. The number of hydrogen-bond donors (Lipinski definition) is 1. The first-order chi connectivity index (χ1) is 6.28. The lowest BCUT2D eigenvalue weighted by atomic mass is 9.60. The zero-order valence-corrected chi connectivity index (χ0v) is 10.2. The van der Waals surface area contributed by atoms with Gasteiger partial charge in [-0.15, -0.1) is 0 Å². The molecule has 2 bridgehead atoms. The maximum atomic E-state index is 10.2. The van der Waals surface area contributed by atoms with E-state index in [1.807, 2.05) is 0 Å². The summed E-state index contributed by atoms with van der Waals surface area (Å²) in [6.07, 6.45) is 3.47. The lowest BCUT2D eigenvalue weighted by Gasteiger charge is -2.43. The molecule has 0 aromatic rings. The van der Waals surface area contributed by atoms with Gasteiger partial charge in [0, 0.05) is 0 Å². The Kier molecular flexibility index (Phi) is 1.91. The molecule has 2 fully saturated rings. The van der Waals surface area contributed by atoms with Crippen LogP contribution in [0.3, 0.4) is 0 Å². The van der Waals surface area contributed by atoms with Crippen molar-refractivity contribution < 1.29 is 5.11 Å². The minimum atomic E-state index is -0.0753. The highest BCUT2D eigenvalue weighted by Gasteiger charge is 2.69. The number of hydrogen-bond acceptors (Lipinski definition) is 1. The molecule has 2 aliphatic rings. The molecule has 1 heteroatoms. The summed E-state index contributed by atoms with van der Waals surface area (Å²) in [7, 11) is 0. The van der Waals surface area contributed by atoms with Crippen LogP contribution in [-0.2, 0) is 0 Å². The fourth-order valence-corrected chi connectivity index (χ4v) is 4.43. The van der Waals surface area contributed by atoms with Gasteiger partial charge in [0.15, 0.2) is 0 Å². The molecule has 0 unspecified atom stereocenters. The lowest BCUT2D eigenvalue weighted by molar-refractivity contribution is 0.00871. The van der Waals surface area contributed by atoms with Crippen LogP contribution < -0.4 is 0 Å². The molecule has 3 atom stereocenters. The fourth-order valence-electron chi connectivity index (χ4n) is 4.43. The number of fused-ring (bicyclic) bond motifs is 2. The van der Waals surface area contributed by atoms with Crippen LogP contribution in [0.25, 0.3) is 0 Å². The Morgan fingerprint density at radius 2 is 1.71 bits per heavy atom. The van der Waals surface area contributed by atoms with Crippen LogP contribution >= 0.6 is 0 Å². The number of aliphatic hydroxyl groups is 1. The standard InChI is InChI=1S/C13H24O/c1-9(2)13-7-6-12(5,10(14)8-13)11(13,3)4/h9-10,14H,6-8H2,1-5H3/t10-,12-,13+/m0/s1. The molecule has 0 aromatic heterocycles. The third-order valence-corrected chi connectivity index (χ3v) is 6.16. The van der Waals surface area contributed by atoms with Crippen molar-refractivity contribution in [2.45, 2.75) is 60.0 Å². The highest BCUT2D eigenvalue weighted by atomic mass is 16.3. The first kappa shape index (κ1) is 10.5. The molecule has 1 N–H and O–H groups in total. The number of rotatable bonds is 1. The molecule has 0 aliphatic heterocycles. The summed E-state index contributed by atoms with van der Waals surface area (Å²) in [6.45, 7) is 11.7. The van der Waals surface area contributed by atoms with Crippen molar-refractivity contribution in [1.29, 1.82) is 0 Å². The zero-order valence-electron chi connectivity index (χ0n) is 10.2. The Morgan fingerprint density at radius 3 is 1.93 bits per heavy atom. The highest BCUT2D eigenvalue weighted by molar-refractivity contribution is 5.18. The molecule has 0 radical (unpaired) electrons. The average molecular weight is 196 g/mol. The Labute approximate surface area is 87.9 Å². The van der Waals surface area contributed by atoms with Crippen molar-refractivity contribution >= 4 is 0 Å². The Hall–Kier alpha value is -0.0400. The van der Waals surface area contributed by atoms with E-state index in [1.165, 1.54) is 12.8 Å². The molecule has 0 heterocycles. The molecule has 82 valence electrons. The van der Waals surface area contributed by atoms with Crippen LogP contribution in [0, 0.1) is 22.2 Å². The van der Waals surface area contributed by atoms with Gasteiger partial charge in [-0.2, -0.15) is 0 Å². The quantitative estimate of drug-likeness (QED) is 0.682. The maximum absolute atomic E-state index is 10.2. The first-order valence-electron chi connectivity index (χ1n) is 5.96. The normalized spacial score (nSPS) is 50.4. The topological polar surface area (TPSA) is 20.2 Å². The molecule has 0 amide bonds. The largest absolute Gasteiger partial charge is 0.393 e. The van der Waals surface area contributed by atoms with Gasteiger partial charge in [0.2, 0.25) is 0 Å². The summed E-state index contributed by atoms with van der Waals surface area (Å²) in [5, 5.41) is 10.2. The summed E-state index contributed by atoms with van der Waals surface area (Å²) in [6, 6.07) is 0. The molecular formula is C13H24O. The monoisotopic (exact) mass is 196 g/mol. The van der Waals surface area contributed by atoms with Crippen molar-refractivity contribution in [3.8, 4) is 0 Å². The van der Waals surface area contributed by atoms with E-state index in [4.69, 9.17) is 0 Å². The second kappa shape index (κ2) is 2.55. The van der Waals surface area contributed by atoms with Gasteiger partial charge in [-0.05, 0) is 41.4 Å². The summed E-state index contributed by atoms with van der Waals surface area (Å²) >= 11 is 0. The molecule has 0 saturated heterocycles. The van der Waals surface area contributed by atoms with Crippen LogP contribution in [0.15, 0.2) is 0 Å². The van der Waals surface area contributed by atoms with Crippen LogP contribution in [-0.4, -0.2) is 11.2 Å². The van der Waals surface area contributed by atoms with Crippen molar-refractivity contribution in [2.75, 3.05) is 0 Å². The number of aliphatic hydroxyl groups excluding tert-OH is 1. The van der Waals surface area contributed by atoms with Crippen LogP contribution in [0.2, 0.25) is 0 Å². The predicted molar refractivity (Wildman–Crippen MR) is 59.0 cm³/mol. The Balaban J connectivity index is 2.49. The van der Waals surface area contributed by atoms with E-state index in [2.05, 4.69) is 34.6 Å². The van der Waals surface area contributed by atoms with E-state index in [0.29, 0.717) is 16.7 Å². The highest BCUT2D eigenvalue weighted by Crippen LogP contribution is 2.74. The molecule has 14 heavy (non-hydrogen) atoms. The minimum Gasteiger partial charge on any atom is -0.393 e. The predicted octanol–water partition coefficient (Wildman–Crippen LogP) is 3.22. The van der Waals surface area contributed by atoms with E-state index in [9.17, 15) is 5.11 Å². The first-order valence-corrected chi connectivity index (χ1v) is 5.96. The third-order valence-electron chi connectivity index (χ3n) is 6.16. The Bertz CT molecular complexity index is 256. The van der Waals surface area contributed by atoms with Crippen molar-refractivity contribution in [2.24, 2.45) is 22.2 Å². The van der Waals surface area contributed by atoms with Gasteiger partial charge in [0.05, 0.1) is 6.10 Å². The van der Waals surface area contributed by atoms with Gasteiger partial charge in [-0.3, -0.25) is 0 Å². The molecule has 0 aromatic carbocycles. The van der Waals surface area contributed by atoms with Crippen molar-refractivity contribution in [3.05, 3.63) is 0 Å². The van der Waals surface area contributed by atoms with Gasteiger partial charge >= 0.3 is 0 Å². The van der Waals surface area contributed by atoms with E-state index in [0.717, 1.165) is 6.42 Å². The van der Waals surface area contributed by atoms with Crippen molar-refractivity contribution in [1.82, 2.24) is 0 Å². The third kappa shape index (κ3) is 0.816. The molecule has 2 aliphatic carbocycles. The fraction of sp³-hybridized carbons (Fsp3) is 1.00. The van der Waals surface area contributed by atoms with Gasteiger partial charge in [0.1, 0.15) is 0 Å². The zero-order chi connectivity index (χ0) is 10.8. The molecule has 1 nitrogen and oxygen atoms in total. The molecule has 2 rings (SSSR count).